The van der Waals surface area contributed by atoms with E-state index in [4.69, 9.17) is 11.6 Å². The van der Waals surface area contributed by atoms with Crippen LogP contribution in [0.3, 0.4) is 0 Å². The average Bonchev–Trinajstić information content (AvgIpc) is 3.72. The number of hydrogen-bond donors (Lipinski definition) is 0. The molecule has 8 aromatic rings. The lowest BCUT2D eigenvalue weighted by molar-refractivity contribution is 0.633. The van der Waals surface area contributed by atoms with E-state index in [1.165, 1.54) is 86.9 Å². The van der Waals surface area contributed by atoms with Crippen LogP contribution in [0.5, 0.6) is 0 Å². The largest absolute Gasteiger partial charge is 0.135 e. The number of hydrogen-bond acceptors (Lipinski definition) is 1. The highest BCUT2D eigenvalue weighted by atomic mass is 35.5. The third-order valence-electron chi connectivity index (χ3n) is 11.0. The predicted molar refractivity (Wildman–Crippen MR) is 193 cm³/mol. The van der Waals surface area contributed by atoms with Crippen molar-refractivity contribution in [2.45, 2.75) is 10.8 Å². The Morgan fingerprint density at radius 1 is 0.370 bits per heavy atom. The quantitative estimate of drug-likeness (QED) is 0.158. The maximum atomic E-state index is 7.43. The van der Waals surface area contributed by atoms with Crippen LogP contribution in [0.2, 0.25) is 5.02 Å². The van der Waals surface area contributed by atoms with Crippen molar-refractivity contribution < 1.29 is 0 Å². The molecule has 0 atom stereocenters. The van der Waals surface area contributed by atoms with Crippen LogP contribution in [-0.4, -0.2) is 0 Å². The van der Waals surface area contributed by atoms with Gasteiger partial charge in [0.05, 0.1) is 10.8 Å². The molecule has 0 saturated carbocycles. The molecule has 0 radical (unpaired) electrons. The first-order valence-corrected chi connectivity index (χ1v) is 17.1. The predicted octanol–water partition coefficient (Wildman–Crippen LogP) is 11.7. The van der Waals surface area contributed by atoms with E-state index in [1.54, 1.807) is 0 Å². The van der Waals surface area contributed by atoms with Crippen molar-refractivity contribution in [2.24, 2.45) is 0 Å². The summed E-state index contributed by atoms with van der Waals surface area (Å²) in [4.78, 5) is 0. The van der Waals surface area contributed by atoms with Gasteiger partial charge in [-0.3, -0.25) is 0 Å². The van der Waals surface area contributed by atoms with E-state index in [9.17, 15) is 0 Å². The maximum absolute atomic E-state index is 7.43. The lowest BCUT2D eigenvalue weighted by Gasteiger charge is -2.49. The van der Waals surface area contributed by atoms with Gasteiger partial charge in [-0.1, -0.05) is 139 Å². The van der Waals surface area contributed by atoms with Gasteiger partial charge in [0.2, 0.25) is 0 Å². The third-order valence-corrected chi connectivity index (χ3v) is 12.5. The molecule has 11 rings (SSSR count). The number of benzene rings is 7. The van der Waals surface area contributed by atoms with Crippen LogP contribution >= 0.6 is 22.9 Å². The molecule has 46 heavy (non-hydrogen) atoms. The summed E-state index contributed by atoms with van der Waals surface area (Å²) in [5.41, 5.74) is 14.6. The number of fused-ring (bicyclic) bond motifs is 19. The Hall–Kier alpha value is -4.95. The van der Waals surface area contributed by atoms with Gasteiger partial charge in [0.25, 0.3) is 0 Å². The van der Waals surface area contributed by atoms with Crippen LogP contribution in [0.15, 0.2) is 152 Å². The molecule has 0 saturated heterocycles. The minimum atomic E-state index is -0.578. The topological polar surface area (TPSA) is 0 Å². The molecule has 0 aliphatic heterocycles. The van der Waals surface area contributed by atoms with Gasteiger partial charge in [0.1, 0.15) is 0 Å². The molecule has 2 heteroatoms. The molecular weight excluding hydrogens is 596 g/mol. The summed E-state index contributed by atoms with van der Waals surface area (Å²) >= 11 is 9.31. The molecule has 0 nitrogen and oxygen atoms in total. The van der Waals surface area contributed by atoms with Crippen LogP contribution in [0.1, 0.15) is 44.5 Å². The Morgan fingerprint density at radius 3 is 1.54 bits per heavy atom. The zero-order valence-electron chi connectivity index (χ0n) is 24.7. The Balaban J connectivity index is 1.37. The SMILES string of the molecule is Clc1cccc2c1C1(c3cc4c(cc3-2)sc2ccccc24)c2ccccc2C2(c3ccccc3-c3ccccc32)c2ccccc21. The highest BCUT2D eigenvalue weighted by Gasteiger charge is 2.59. The van der Waals surface area contributed by atoms with E-state index in [0.717, 1.165) is 5.02 Å². The first kappa shape index (κ1) is 25.3. The normalized spacial score (nSPS) is 15.4. The van der Waals surface area contributed by atoms with Crippen LogP contribution in [0.4, 0.5) is 0 Å². The maximum Gasteiger partial charge on any atom is 0.0734 e. The molecule has 0 fully saturated rings. The van der Waals surface area contributed by atoms with Crippen molar-refractivity contribution >= 4 is 43.1 Å². The van der Waals surface area contributed by atoms with Crippen molar-refractivity contribution in [2.75, 3.05) is 0 Å². The first-order valence-electron chi connectivity index (χ1n) is 15.9. The number of thiophene rings is 1. The van der Waals surface area contributed by atoms with Crippen molar-refractivity contribution in [1.82, 2.24) is 0 Å². The van der Waals surface area contributed by atoms with Crippen LogP contribution in [0, 0.1) is 0 Å². The van der Waals surface area contributed by atoms with Crippen LogP contribution in [-0.2, 0) is 10.8 Å². The third kappa shape index (κ3) is 2.72. The molecule has 3 aliphatic carbocycles. The molecule has 2 spiro atoms. The second kappa shape index (κ2) is 8.65. The van der Waals surface area contributed by atoms with Gasteiger partial charge in [-0.15, -0.1) is 11.3 Å². The van der Waals surface area contributed by atoms with Crippen LogP contribution in [0.25, 0.3) is 42.4 Å². The van der Waals surface area contributed by atoms with Crippen molar-refractivity contribution in [3.63, 3.8) is 0 Å². The fourth-order valence-corrected chi connectivity index (χ4v) is 11.0. The molecule has 1 aromatic heterocycles. The van der Waals surface area contributed by atoms with E-state index in [-0.39, 0.29) is 0 Å². The van der Waals surface area contributed by atoms with Gasteiger partial charge in [-0.2, -0.15) is 0 Å². The zero-order chi connectivity index (χ0) is 30.2. The van der Waals surface area contributed by atoms with Gasteiger partial charge < -0.3 is 0 Å². The summed E-state index contributed by atoms with van der Waals surface area (Å²) in [6, 6.07) is 56.8. The molecule has 0 unspecified atom stereocenters. The van der Waals surface area contributed by atoms with Crippen LogP contribution < -0.4 is 0 Å². The average molecular weight is 621 g/mol. The van der Waals surface area contributed by atoms with Crippen molar-refractivity contribution in [1.29, 1.82) is 0 Å². The Labute approximate surface area is 276 Å². The summed E-state index contributed by atoms with van der Waals surface area (Å²) in [6.07, 6.45) is 0. The van der Waals surface area contributed by atoms with Gasteiger partial charge in [0, 0.05) is 25.2 Å². The Morgan fingerprint density at radius 2 is 0.891 bits per heavy atom. The van der Waals surface area contributed by atoms with Gasteiger partial charge >= 0.3 is 0 Å². The van der Waals surface area contributed by atoms with Gasteiger partial charge in [0.15, 0.2) is 0 Å². The first-order chi connectivity index (χ1) is 22.7. The van der Waals surface area contributed by atoms with Gasteiger partial charge in [-0.25, -0.2) is 0 Å². The number of halogens is 1. The summed E-state index contributed by atoms with van der Waals surface area (Å²) in [5.74, 6) is 0. The smallest absolute Gasteiger partial charge is 0.0734 e. The van der Waals surface area contributed by atoms with E-state index in [1.807, 2.05) is 11.3 Å². The summed E-state index contributed by atoms with van der Waals surface area (Å²) < 4.78 is 2.64. The van der Waals surface area contributed by atoms with E-state index in [0.29, 0.717) is 0 Å². The second-order valence-electron chi connectivity index (χ2n) is 12.8. The molecule has 0 amide bonds. The standard InChI is InChI=1S/C44H25ClS/c45-39-22-11-15-29-30-25-41-31(28-14-3-10-23-40(28)46-41)24-38(30)44(42(29)39)36-20-8-6-18-34(36)43(35-19-7-9-21-37(35)44)32-16-4-1-12-26(32)27-13-2-5-17-33(27)43/h1-25H. The highest BCUT2D eigenvalue weighted by Crippen LogP contribution is 2.68. The van der Waals surface area contributed by atoms with E-state index in [2.05, 4.69) is 152 Å². The molecule has 1 heterocycles. The van der Waals surface area contributed by atoms with Crippen molar-refractivity contribution in [3.8, 4) is 22.3 Å². The highest BCUT2D eigenvalue weighted by molar-refractivity contribution is 7.25. The monoisotopic (exact) mass is 620 g/mol. The summed E-state index contributed by atoms with van der Waals surface area (Å²) in [7, 11) is 0. The number of rotatable bonds is 0. The van der Waals surface area contributed by atoms with E-state index < -0.39 is 10.8 Å². The Kier molecular flexibility index (Phi) is 4.75. The van der Waals surface area contributed by atoms with Gasteiger partial charge in [-0.05, 0) is 91.0 Å². The second-order valence-corrected chi connectivity index (χ2v) is 14.3. The zero-order valence-corrected chi connectivity index (χ0v) is 26.3. The molecule has 0 bridgehead atoms. The lowest BCUT2D eigenvalue weighted by atomic mass is 9.52. The molecule has 214 valence electrons. The minimum absolute atomic E-state index is 0.449. The lowest BCUT2D eigenvalue weighted by Crippen LogP contribution is -2.43. The van der Waals surface area contributed by atoms with Crippen molar-refractivity contribution in [3.05, 3.63) is 201 Å². The van der Waals surface area contributed by atoms with E-state index >= 15 is 0 Å². The summed E-state index contributed by atoms with van der Waals surface area (Å²) in [6.45, 7) is 0. The molecule has 0 N–H and O–H groups in total. The fourth-order valence-electron chi connectivity index (χ4n) is 9.51. The molecule has 3 aliphatic rings. The Bertz CT molecular complexity index is 2530. The molecule has 7 aromatic carbocycles. The fraction of sp³-hybridized carbons (Fsp3) is 0.0455. The minimum Gasteiger partial charge on any atom is -0.135 e. The molecular formula is C44H25ClS. The summed E-state index contributed by atoms with van der Waals surface area (Å²) in [5, 5.41) is 3.44.